The number of ether oxygens (including phenoxy) is 1. The third-order valence-electron chi connectivity index (χ3n) is 14.7. The molecule has 3 unspecified atom stereocenters. The molecular weight excluding hydrogens is 921 g/mol. The smallest absolute Gasteiger partial charge is 0.254 e. The number of fused-ring (bicyclic) bond motifs is 2. The molecule has 10 rings (SSSR count). The van der Waals surface area contributed by atoms with E-state index < -0.39 is 18.1 Å². The van der Waals surface area contributed by atoms with Crippen LogP contribution in [-0.4, -0.2) is 132 Å². The lowest BCUT2D eigenvalue weighted by Gasteiger charge is -2.42. The number of nitrogens with zero attached hydrogens (tertiary/aromatic N) is 10. The van der Waals surface area contributed by atoms with Gasteiger partial charge in [0.05, 0.1) is 40.2 Å². The third kappa shape index (κ3) is 10.4. The summed E-state index contributed by atoms with van der Waals surface area (Å²) in [7, 11) is 0. The minimum atomic E-state index is -0.813. The topological polar surface area (TPSA) is 225 Å². The number of hydrogen-bond acceptors (Lipinski definition) is 17. The van der Waals surface area contributed by atoms with E-state index in [1.54, 1.807) is 29.5 Å². The zero-order valence-electron chi connectivity index (χ0n) is 40.4. The fourth-order valence-corrected chi connectivity index (χ4v) is 11.7. The van der Waals surface area contributed by atoms with Crippen molar-refractivity contribution in [3.05, 3.63) is 101 Å². The summed E-state index contributed by atoms with van der Waals surface area (Å²) in [6.45, 7) is 11.0. The number of piperidine rings is 1. The molecule has 71 heavy (non-hydrogen) atoms. The maximum atomic E-state index is 14.1. The average molecular weight is 983 g/mol. The van der Waals surface area contributed by atoms with E-state index in [4.69, 9.17) is 25.0 Å². The normalized spacial score (nSPS) is 21.0. The number of carbonyl (C=O) groups excluding carboxylic acids is 2. The Morgan fingerprint density at radius 3 is 2.41 bits per heavy atom. The van der Waals surface area contributed by atoms with E-state index in [1.165, 1.54) is 10.5 Å². The second kappa shape index (κ2) is 20.9. The van der Waals surface area contributed by atoms with Crippen LogP contribution < -0.4 is 25.6 Å². The minimum absolute atomic E-state index is 0.0620. The summed E-state index contributed by atoms with van der Waals surface area (Å²) in [6, 6.07) is 18.4. The Bertz CT molecular complexity index is 2780. The molecule has 0 aliphatic carbocycles. The minimum Gasteiger partial charge on any atom is -0.507 e. The van der Waals surface area contributed by atoms with Crippen LogP contribution in [0.3, 0.4) is 0 Å². The van der Waals surface area contributed by atoms with Crippen molar-refractivity contribution in [1.82, 2.24) is 45.4 Å². The maximum absolute atomic E-state index is 14.1. The first-order chi connectivity index (χ1) is 34.5. The summed E-state index contributed by atoms with van der Waals surface area (Å²) in [6.07, 6.45) is 8.31. The highest BCUT2D eigenvalue weighted by molar-refractivity contribution is 7.13. The number of thiazole rings is 1. The van der Waals surface area contributed by atoms with Gasteiger partial charge in [-0.3, -0.25) is 9.59 Å². The van der Waals surface area contributed by atoms with E-state index in [-0.39, 0.29) is 48.5 Å². The number of β-amino-alcohol motifs (C(OH)–C–C–N with tert-alkyl or cyclic N) is 1. The zero-order chi connectivity index (χ0) is 49.2. The molecule has 2 aromatic carbocycles. The summed E-state index contributed by atoms with van der Waals surface area (Å²) in [5.74, 6) is 0.920. The maximum Gasteiger partial charge on any atom is 0.254 e. The van der Waals surface area contributed by atoms with Gasteiger partial charge in [-0.1, -0.05) is 50.2 Å². The summed E-state index contributed by atoms with van der Waals surface area (Å²) in [5, 5.41) is 36.7. The zero-order valence-corrected chi connectivity index (χ0v) is 41.2. The van der Waals surface area contributed by atoms with Gasteiger partial charge in [0.1, 0.15) is 17.7 Å². The first-order valence-electron chi connectivity index (χ1n) is 24.8. The van der Waals surface area contributed by atoms with Crippen molar-refractivity contribution in [3.63, 3.8) is 0 Å². The molecule has 4 aliphatic rings. The number of nitrogen functional groups attached to an aromatic ring is 1. The molecule has 4 aliphatic heterocycles. The number of aromatic nitrogens is 6. The SMILES string of the molecule is Cc1ncsc1-c1ccc(CNC(=O)[C@@H]2C[C@@H](O)CN2C(=O)C(c2cc(OCCCN3CCC(c4cnc(N5C6CCC5CN(c5cc(-c7ccccc7O)nnc5N)C6)nc4)CC3)no2)C(C)C)cc1. The predicted molar refractivity (Wildman–Crippen MR) is 270 cm³/mol. The number of aryl methyl sites for hydroxylation is 1. The molecule has 0 spiro atoms. The van der Waals surface area contributed by atoms with E-state index in [0.29, 0.717) is 47.8 Å². The molecule has 0 radical (unpaired) electrons. The van der Waals surface area contributed by atoms with Crippen molar-refractivity contribution in [1.29, 1.82) is 0 Å². The van der Waals surface area contributed by atoms with Crippen molar-refractivity contribution in [2.45, 2.75) is 102 Å². The standard InChI is InChI=1S/C52H62N12O6S/c1-31(2)47(51(68)63-29-39(65)21-43(63)50(67)54-24-33-9-11-35(12-10-33)48-32(3)57-30-71-48)45-23-46(60-70-45)69-20-6-17-61-18-15-34(16-19-61)36-25-55-52(56-26-36)64-37-13-14-38(64)28-62(27-37)42-22-41(58-59-49(42)53)40-7-4-5-8-44(40)66/h4-5,7-12,22-23,25-26,30-31,34,37-39,43,47,65-66H,6,13-21,24,27-29H2,1-3H3,(H2,53,59)(H,54,67)/t37?,38?,39-,43+,47?/m1/s1. The number of amides is 2. The predicted octanol–water partition coefficient (Wildman–Crippen LogP) is 6.17. The number of likely N-dealkylation sites (tertiary alicyclic amines) is 2. The molecule has 0 saturated carbocycles. The number of nitrogens with two attached hydrogens (primary N) is 1. The number of phenols is 1. The van der Waals surface area contributed by atoms with Gasteiger partial charge < -0.3 is 50.1 Å². The van der Waals surface area contributed by atoms with Crippen LogP contribution in [0.4, 0.5) is 17.5 Å². The Morgan fingerprint density at radius 1 is 0.958 bits per heavy atom. The number of aromatic hydroxyl groups is 1. The first kappa shape index (κ1) is 48.0. The van der Waals surface area contributed by atoms with Gasteiger partial charge in [-0.2, -0.15) is 0 Å². The molecule has 5 N–H and O–H groups in total. The van der Waals surface area contributed by atoms with Crippen LogP contribution in [0.15, 0.2) is 83.1 Å². The number of hydrogen-bond donors (Lipinski definition) is 4. The number of nitrogens with one attached hydrogen (secondary N) is 1. The van der Waals surface area contributed by atoms with Crippen LogP contribution in [0.2, 0.25) is 0 Å². The lowest BCUT2D eigenvalue weighted by Crippen LogP contribution is -2.54. The monoisotopic (exact) mass is 982 g/mol. The van der Waals surface area contributed by atoms with Crippen LogP contribution >= 0.6 is 11.3 Å². The second-order valence-corrected chi connectivity index (χ2v) is 20.6. The highest BCUT2D eigenvalue weighted by atomic mass is 32.1. The van der Waals surface area contributed by atoms with Gasteiger partial charge >= 0.3 is 0 Å². The van der Waals surface area contributed by atoms with E-state index in [1.807, 2.05) is 81.1 Å². The Labute approximate surface area is 417 Å². The third-order valence-corrected chi connectivity index (χ3v) is 15.6. The molecule has 8 heterocycles. The van der Waals surface area contributed by atoms with E-state index in [2.05, 4.69) is 40.4 Å². The fraction of sp³-hybridized carbons (Fsp3) is 0.462. The summed E-state index contributed by atoms with van der Waals surface area (Å²) in [5.41, 5.74) is 14.4. The molecular formula is C52H62N12O6S. The number of para-hydroxylation sites is 1. The number of carbonyl (C=O) groups is 2. The highest BCUT2D eigenvalue weighted by Crippen LogP contribution is 2.39. The van der Waals surface area contributed by atoms with Gasteiger partial charge in [0, 0.05) is 75.3 Å². The highest BCUT2D eigenvalue weighted by Gasteiger charge is 2.44. The van der Waals surface area contributed by atoms with Gasteiger partial charge in [-0.25, -0.2) is 15.0 Å². The molecule has 4 fully saturated rings. The number of piperazine rings is 1. The number of aliphatic hydroxyl groups is 1. The van der Waals surface area contributed by atoms with Gasteiger partial charge in [0.15, 0.2) is 11.6 Å². The van der Waals surface area contributed by atoms with Crippen molar-refractivity contribution < 1.29 is 29.1 Å². The lowest BCUT2D eigenvalue weighted by atomic mass is 9.91. The number of aliphatic hydroxyl groups excluding tert-OH is 1. The molecule has 5 atom stereocenters. The van der Waals surface area contributed by atoms with E-state index >= 15 is 0 Å². The van der Waals surface area contributed by atoms with Gasteiger partial charge in [0.2, 0.25) is 17.8 Å². The Balaban J connectivity index is 0.666. The summed E-state index contributed by atoms with van der Waals surface area (Å²) in [4.78, 5) is 51.6. The average Bonchev–Trinajstić information content (AvgIpc) is 4.18. The Morgan fingerprint density at radius 2 is 1.70 bits per heavy atom. The van der Waals surface area contributed by atoms with Crippen molar-refractivity contribution in [2.24, 2.45) is 5.92 Å². The second-order valence-electron chi connectivity index (χ2n) is 19.7. The number of phenolic OH excluding ortho intramolecular Hbond substituents is 1. The van der Waals surface area contributed by atoms with Crippen molar-refractivity contribution in [3.8, 4) is 33.3 Å². The lowest BCUT2D eigenvalue weighted by molar-refractivity contribution is -0.141. The molecule has 4 saturated heterocycles. The molecule has 6 aromatic rings. The molecule has 2 bridgehead atoms. The Kier molecular flexibility index (Phi) is 14.1. The Hall–Kier alpha value is -6.70. The number of benzene rings is 2. The molecule has 372 valence electrons. The summed E-state index contributed by atoms with van der Waals surface area (Å²) < 4.78 is 11.7. The van der Waals surface area contributed by atoms with Crippen molar-refractivity contribution in [2.75, 3.05) is 61.4 Å². The number of anilines is 3. The van der Waals surface area contributed by atoms with Crippen LogP contribution in [0.1, 0.15) is 86.8 Å². The van der Waals surface area contributed by atoms with Crippen LogP contribution in [-0.2, 0) is 16.1 Å². The van der Waals surface area contributed by atoms with Crippen LogP contribution in [0, 0.1) is 12.8 Å². The number of rotatable bonds is 16. The van der Waals surface area contributed by atoms with Gasteiger partial charge in [-0.05, 0) is 104 Å². The van der Waals surface area contributed by atoms with Crippen LogP contribution in [0.5, 0.6) is 11.6 Å². The molecule has 2 amide bonds. The van der Waals surface area contributed by atoms with Crippen LogP contribution in [0.25, 0.3) is 21.7 Å². The van der Waals surface area contributed by atoms with Gasteiger partial charge in [-0.15, -0.1) is 21.5 Å². The first-order valence-corrected chi connectivity index (χ1v) is 25.7. The largest absolute Gasteiger partial charge is 0.507 e. The fourth-order valence-electron chi connectivity index (χ4n) is 10.9. The summed E-state index contributed by atoms with van der Waals surface area (Å²) >= 11 is 1.59. The molecule has 18 nitrogen and oxygen atoms in total. The quantitative estimate of drug-likeness (QED) is 0.0796. The van der Waals surface area contributed by atoms with Crippen molar-refractivity contribution >= 4 is 40.6 Å². The van der Waals surface area contributed by atoms with Gasteiger partial charge in [0.25, 0.3) is 5.88 Å². The molecule has 4 aromatic heterocycles. The van der Waals surface area contributed by atoms with E-state index in [0.717, 1.165) is 98.2 Å². The molecule has 19 heteroatoms. The van der Waals surface area contributed by atoms with E-state index in [9.17, 15) is 19.8 Å².